The van der Waals surface area contributed by atoms with Crippen LogP contribution < -0.4 is 4.74 Å². The number of thioether (sulfide) groups is 1. The minimum atomic E-state index is -0.987. The van der Waals surface area contributed by atoms with Crippen LogP contribution in [0.3, 0.4) is 0 Å². The van der Waals surface area contributed by atoms with Gasteiger partial charge in [0.15, 0.2) is 0 Å². The number of ether oxygens (including phenoxy) is 2. The van der Waals surface area contributed by atoms with Crippen LogP contribution in [-0.2, 0) is 14.3 Å². The zero-order valence-corrected chi connectivity index (χ0v) is 14.9. The van der Waals surface area contributed by atoms with Crippen molar-refractivity contribution in [1.29, 1.82) is 0 Å². The number of carbonyl (C=O) groups excluding carboxylic acids is 3. The number of hydrogen-bond acceptors (Lipinski definition) is 6. The second-order valence-corrected chi connectivity index (χ2v) is 6.30. The van der Waals surface area contributed by atoms with Crippen molar-refractivity contribution >= 4 is 46.6 Å². The van der Waals surface area contributed by atoms with Crippen molar-refractivity contribution in [2.45, 2.75) is 19.9 Å². The van der Waals surface area contributed by atoms with E-state index in [1.54, 1.807) is 18.2 Å². The van der Waals surface area contributed by atoms with Gasteiger partial charge in [0.1, 0.15) is 11.8 Å². The molecular weight excluding hydrogens is 354 g/mol. The normalized spacial score (nSPS) is 17.3. The molecule has 2 rings (SSSR count). The average Bonchev–Trinajstić information content (AvgIpc) is 2.82. The van der Waals surface area contributed by atoms with Gasteiger partial charge >= 0.3 is 5.97 Å². The maximum Gasteiger partial charge on any atom is 0.328 e. The third-order valence-corrected chi connectivity index (χ3v) is 4.43. The minimum Gasteiger partial charge on any atom is -0.493 e. The van der Waals surface area contributed by atoms with Crippen LogP contribution in [0.25, 0.3) is 6.08 Å². The number of esters is 1. The van der Waals surface area contributed by atoms with Crippen molar-refractivity contribution in [3.05, 3.63) is 33.7 Å². The highest BCUT2D eigenvalue weighted by Gasteiger charge is 2.41. The molecule has 0 saturated carbocycles. The van der Waals surface area contributed by atoms with E-state index < -0.39 is 23.2 Å². The fourth-order valence-corrected chi connectivity index (χ4v) is 3.23. The standard InChI is InChI=1S/C16H16ClNO5S/c1-4-23-12-6-5-11(17)7-10(12)8-13-14(19)18(16(21)24-13)9(2)15(20)22-3/h5-9H,4H2,1-3H3/b13-8-. The molecule has 1 fully saturated rings. The number of imide groups is 1. The molecule has 128 valence electrons. The number of halogens is 1. The van der Waals surface area contributed by atoms with E-state index >= 15 is 0 Å². The fourth-order valence-electron chi connectivity index (χ4n) is 2.15. The topological polar surface area (TPSA) is 72.9 Å². The first-order valence-electron chi connectivity index (χ1n) is 7.16. The Kier molecular flexibility index (Phi) is 5.90. The molecule has 0 spiro atoms. The summed E-state index contributed by atoms with van der Waals surface area (Å²) in [6.07, 6.45) is 1.53. The Morgan fingerprint density at radius 3 is 2.75 bits per heavy atom. The summed E-state index contributed by atoms with van der Waals surface area (Å²) in [6, 6.07) is 4.03. The van der Waals surface area contributed by atoms with E-state index in [4.69, 9.17) is 16.3 Å². The molecule has 1 unspecified atom stereocenters. The number of methoxy groups -OCH3 is 1. The highest BCUT2D eigenvalue weighted by atomic mass is 35.5. The van der Waals surface area contributed by atoms with Crippen molar-refractivity contribution in [3.8, 4) is 5.75 Å². The summed E-state index contributed by atoms with van der Waals surface area (Å²) in [5.74, 6) is -0.656. The second kappa shape index (κ2) is 7.72. The average molecular weight is 370 g/mol. The van der Waals surface area contributed by atoms with Gasteiger partial charge in [0, 0.05) is 10.6 Å². The van der Waals surface area contributed by atoms with Crippen LogP contribution in [0.5, 0.6) is 5.75 Å². The second-order valence-electron chi connectivity index (χ2n) is 4.87. The molecule has 2 amide bonds. The molecular formula is C16H16ClNO5S. The third-order valence-electron chi connectivity index (χ3n) is 3.31. The van der Waals surface area contributed by atoms with E-state index in [-0.39, 0.29) is 4.91 Å². The van der Waals surface area contributed by atoms with Gasteiger partial charge < -0.3 is 9.47 Å². The maximum absolute atomic E-state index is 12.5. The van der Waals surface area contributed by atoms with Crippen molar-refractivity contribution < 1.29 is 23.9 Å². The monoisotopic (exact) mass is 369 g/mol. The number of rotatable bonds is 5. The molecule has 1 aromatic rings. The maximum atomic E-state index is 12.5. The first-order chi connectivity index (χ1) is 11.4. The van der Waals surface area contributed by atoms with Crippen LogP contribution >= 0.6 is 23.4 Å². The van der Waals surface area contributed by atoms with Gasteiger partial charge in [-0.15, -0.1) is 0 Å². The summed E-state index contributed by atoms with van der Waals surface area (Å²) in [7, 11) is 1.20. The Labute approximate surface area is 148 Å². The lowest BCUT2D eigenvalue weighted by Gasteiger charge is -2.18. The van der Waals surface area contributed by atoms with Crippen LogP contribution in [0, 0.1) is 0 Å². The molecule has 0 aliphatic carbocycles. The van der Waals surface area contributed by atoms with Gasteiger partial charge in [-0.05, 0) is 49.9 Å². The molecule has 0 aromatic heterocycles. The Morgan fingerprint density at radius 2 is 2.12 bits per heavy atom. The molecule has 1 aliphatic heterocycles. The minimum absolute atomic E-state index is 0.193. The molecule has 0 N–H and O–H groups in total. The highest BCUT2D eigenvalue weighted by Crippen LogP contribution is 2.36. The molecule has 1 aliphatic rings. The quantitative estimate of drug-likeness (QED) is 0.585. The van der Waals surface area contributed by atoms with Gasteiger partial charge in [0.05, 0.1) is 18.6 Å². The van der Waals surface area contributed by atoms with Crippen molar-refractivity contribution in [2.75, 3.05) is 13.7 Å². The Morgan fingerprint density at radius 1 is 1.42 bits per heavy atom. The molecule has 1 atom stereocenters. The predicted octanol–water partition coefficient (Wildman–Crippen LogP) is 3.34. The number of hydrogen-bond donors (Lipinski definition) is 0. The van der Waals surface area contributed by atoms with E-state index in [9.17, 15) is 14.4 Å². The van der Waals surface area contributed by atoms with Crippen LogP contribution in [0.15, 0.2) is 23.1 Å². The number of carbonyl (C=O) groups is 3. The zero-order chi connectivity index (χ0) is 17.9. The summed E-state index contributed by atoms with van der Waals surface area (Å²) < 4.78 is 10.1. The number of benzene rings is 1. The third kappa shape index (κ3) is 3.73. The largest absolute Gasteiger partial charge is 0.493 e. The Bertz CT molecular complexity index is 718. The summed E-state index contributed by atoms with van der Waals surface area (Å²) in [6.45, 7) is 3.73. The molecule has 1 heterocycles. The Balaban J connectivity index is 2.35. The first kappa shape index (κ1) is 18.4. The molecule has 8 heteroatoms. The van der Waals surface area contributed by atoms with E-state index in [2.05, 4.69) is 4.74 Å². The molecule has 24 heavy (non-hydrogen) atoms. The number of nitrogens with zero attached hydrogens (tertiary/aromatic N) is 1. The summed E-state index contributed by atoms with van der Waals surface area (Å²) in [5.41, 5.74) is 0.584. The van der Waals surface area contributed by atoms with Crippen LogP contribution in [0.2, 0.25) is 5.02 Å². The van der Waals surface area contributed by atoms with Crippen LogP contribution in [0.1, 0.15) is 19.4 Å². The van der Waals surface area contributed by atoms with Gasteiger partial charge in [-0.1, -0.05) is 11.6 Å². The van der Waals surface area contributed by atoms with Gasteiger partial charge in [-0.2, -0.15) is 0 Å². The number of amides is 2. The smallest absolute Gasteiger partial charge is 0.328 e. The van der Waals surface area contributed by atoms with Crippen molar-refractivity contribution in [3.63, 3.8) is 0 Å². The fraction of sp³-hybridized carbons (Fsp3) is 0.312. The van der Waals surface area contributed by atoms with E-state index in [1.165, 1.54) is 20.1 Å². The molecule has 0 radical (unpaired) electrons. The van der Waals surface area contributed by atoms with Gasteiger partial charge in [-0.25, -0.2) is 4.79 Å². The van der Waals surface area contributed by atoms with Gasteiger partial charge in [0.2, 0.25) is 0 Å². The van der Waals surface area contributed by atoms with Gasteiger partial charge in [0.25, 0.3) is 11.1 Å². The molecule has 1 saturated heterocycles. The molecule has 6 nitrogen and oxygen atoms in total. The van der Waals surface area contributed by atoms with Gasteiger partial charge in [-0.3, -0.25) is 14.5 Å². The van der Waals surface area contributed by atoms with Crippen molar-refractivity contribution in [2.24, 2.45) is 0 Å². The highest BCUT2D eigenvalue weighted by molar-refractivity contribution is 8.18. The van der Waals surface area contributed by atoms with E-state index in [0.717, 1.165) is 16.7 Å². The van der Waals surface area contributed by atoms with Crippen LogP contribution in [-0.4, -0.2) is 41.8 Å². The zero-order valence-electron chi connectivity index (χ0n) is 13.4. The van der Waals surface area contributed by atoms with E-state index in [1.807, 2.05) is 6.92 Å². The molecule has 0 bridgehead atoms. The Hall–Kier alpha value is -1.99. The van der Waals surface area contributed by atoms with Crippen molar-refractivity contribution in [1.82, 2.24) is 4.90 Å². The van der Waals surface area contributed by atoms with Crippen LogP contribution in [0.4, 0.5) is 4.79 Å². The van der Waals surface area contributed by atoms with E-state index in [0.29, 0.717) is 22.9 Å². The summed E-state index contributed by atoms with van der Waals surface area (Å²) in [4.78, 5) is 37.2. The summed E-state index contributed by atoms with van der Waals surface area (Å²) >= 11 is 6.75. The first-order valence-corrected chi connectivity index (χ1v) is 8.35. The predicted molar refractivity (Wildman–Crippen MR) is 91.9 cm³/mol. The lowest BCUT2D eigenvalue weighted by atomic mass is 10.1. The summed E-state index contributed by atoms with van der Waals surface area (Å²) in [5, 5.41) is -0.0454. The lowest BCUT2D eigenvalue weighted by molar-refractivity contribution is -0.148. The lowest BCUT2D eigenvalue weighted by Crippen LogP contribution is -2.42. The SMILES string of the molecule is CCOc1ccc(Cl)cc1/C=C1\SC(=O)N(C(C)C(=O)OC)C1=O. The molecule has 1 aromatic carbocycles.